The molecule has 96 valence electrons. The van der Waals surface area contributed by atoms with Gasteiger partial charge in [-0.2, -0.15) is 5.26 Å². The van der Waals surface area contributed by atoms with Crippen LogP contribution >= 0.6 is 23.2 Å². The zero-order valence-electron chi connectivity index (χ0n) is 9.77. The standard InChI is InChI=1S/C14H10Cl2N2O/c15-11-5-10(13(19)6-12(11)16)14(18)9-3-1-8(7-17)2-4-9/h1-6,14,19H,18H2. The minimum absolute atomic E-state index is 0.00809. The van der Waals surface area contributed by atoms with Crippen LogP contribution in [0.1, 0.15) is 22.7 Å². The highest BCUT2D eigenvalue weighted by Crippen LogP contribution is 2.34. The van der Waals surface area contributed by atoms with Gasteiger partial charge in [-0.1, -0.05) is 35.3 Å². The van der Waals surface area contributed by atoms with E-state index in [0.717, 1.165) is 5.56 Å². The summed E-state index contributed by atoms with van der Waals surface area (Å²) < 4.78 is 0. The molecule has 0 aliphatic carbocycles. The van der Waals surface area contributed by atoms with Crippen molar-refractivity contribution >= 4 is 23.2 Å². The van der Waals surface area contributed by atoms with Crippen LogP contribution in [-0.2, 0) is 0 Å². The summed E-state index contributed by atoms with van der Waals surface area (Å²) in [7, 11) is 0. The van der Waals surface area contributed by atoms with Gasteiger partial charge < -0.3 is 10.8 Å². The largest absolute Gasteiger partial charge is 0.508 e. The van der Waals surface area contributed by atoms with E-state index in [1.54, 1.807) is 30.3 Å². The van der Waals surface area contributed by atoms with Crippen molar-refractivity contribution in [2.24, 2.45) is 5.73 Å². The first-order valence-electron chi connectivity index (χ1n) is 5.46. The molecule has 3 N–H and O–H groups in total. The molecule has 1 atom stereocenters. The van der Waals surface area contributed by atoms with Crippen LogP contribution in [0.15, 0.2) is 36.4 Å². The van der Waals surface area contributed by atoms with Crippen LogP contribution in [0.25, 0.3) is 0 Å². The van der Waals surface area contributed by atoms with Crippen LogP contribution in [0, 0.1) is 11.3 Å². The molecule has 0 spiro atoms. The molecule has 0 amide bonds. The summed E-state index contributed by atoms with van der Waals surface area (Å²) in [5.74, 6) is -0.00809. The number of nitrogens with zero attached hydrogens (tertiary/aromatic N) is 1. The van der Waals surface area contributed by atoms with Gasteiger partial charge in [-0.3, -0.25) is 0 Å². The van der Waals surface area contributed by atoms with Crippen molar-refractivity contribution in [2.45, 2.75) is 6.04 Å². The van der Waals surface area contributed by atoms with Crippen LogP contribution in [-0.4, -0.2) is 5.11 Å². The Bertz CT molecular complexity index is 648. The quantitative estimate of drug-likeness (QED) is 0.888. The second kappa shape index (κ2) is 5.50. The molecule has 0 saturated heterocycles. The number of aromatic hydroxyl groups is 1. The van der Waals surface area contributed by atoms with Gasteiger partial charge in [0.2, 0.25) is 0 Å². The topological polar surface area (TPSA) is 70.0 Å². The summed E-state index contributed by atoms with van der Waals surface area (Å²) in [6.07, 6.45) is 0. The van der Waals surface area contributed by atoms with E-state index in [4.69, 9.17) is 34.2 Å². The molecular weight excluding hydrogens is 283 g/mol. The first-order chi connectivity index (χ1) is 9.02. The minimum atomic E-state index is -0.539. The molecule has 0 radical (unpaired) electrons. The zero-order valence-corrected chi connectivity index (χ0v) is 11.3. The first-order valence-corrected chi connectivity index (χ1v) is 6.22. The van der Waals surface area contributed by atoms with Crippen molar-refractivity contribution in [3.63, 3.8) is 0 Å². The van der Waals surface area contributed by atoms with Crippen molar-refractivity contribution in [3.8, 4) is 11.8 Å². The predicted octanol–water partition coefficient (Wildman–Crippen LogP) is 3.62. The van der Waals surface area contributed by atoms with Gasteiger partial charge in [0.05, 0.1) is 27.7 Å². The highest BCUT2D eigenvalue weighted by molar-refractivity contribution is 6.42. The van der Waals surface area contributed by atoms with Crippen molar-refractivity contribution in [2.75, 3.05) is 0 Å². The van der Waals surface area contributed by atoms with Crippen molar-refractivity contribution in [3.05, 3.63) is 63.1 Å². The highest BCUT2D eigenvalue weighted by atomic mass is 35.5. The highest BCUT2D eigenvalue weighted by Gasteiger charge is 2.15. The van der Waals surface area contributed by atoms with Crippen LogP contribution < -0.4 is 5.73 Å². The van der Waals surface area contributed by atoms with E-state index in [1.807, 2.05) is 6.07 Å². The molecule has 1 unspecified atom stereocenters. The van der Waals surface area contributed by atoms with Crippen molar-refractivity contribution < 1.29 is 5.11 Å². The number of phenolic OH excluding ortho intramolecular Hbond substituents is 1. The molecule has 19 heavy (non-hydrogen) atoms. The van der Waals surface area contributed by atoms with Gasteiger partial charge in [-0.15, -0.1) is 0 Å². The molecule has 0 saturated carbocycles. The Morgan fingerprint density at radius 3 is 2.26 bits per heavy atom. The number of hydrogen-bond donors (Lipinski definition) is 2. The second-order valence-electron chi connectivity index (χ2n) is 4.04. The lowest BCUT2D eigenvalue weighted by Crippen LogP contribution is -2.12. The Balaban J connectivity index is 2.41. The Hall–Kier alpha value is -1.73. The summed E-state index contributed by atoms with van der Waals surface area (Å²) >= 11 is 11.7. The Morgan fingerprint density at radius 1 is 1.11 bits per heavy atom. The molecule has 0 aliphatic rings. The van der Waals surface area contributed by atoms with Crippen molar-refractivity contribution in [1.29, 1.82) is 5.26 Å². The smallest absolute Gasteiger partial charge is 0.122 e. The number of nitrogens with two attached hydrogens (primary N) is 1. The van der Waals surface area contributed by atoms with Gasteiger partial charge >= 0.3 is 0 Å². The van der Waals surface area contributed by atoms with Crippen LogP contribution in [0.2, 0.25) is 10.0 Å². The second-order valence-corrected chi connectivity index (χ2v) is 4.85. The molecule has 3 nitrogen and oxygen atoms in total. The maximum absolute atomic E-state index is 9.87. The van der Waals surface area contributed by atoms with E-state index in [-0.39, 0.29) is 10.8 Å². The Labute approximate surface area is 120 Å². The number of benzene rings is 2. The molecule has 0 aliphatic heterocycles. The summed E-state index contributed by atoms with van der Waals surface area (Å²) in [4.78, 5) is 0. The lowest BCUT2D eigenvalue weighted by atomic mass is 9.98. The van der Waals surface area contributed by atoms with Crippen molar-refractivity contribution in [1.82, 2.24) is 0 Å². The molecular formula is C14H10Cl2N2O. The summed E-state index contributed by atoms with van der Waals surface area (Å²) in [5, 5.41) is 19.2. The fourth-order valence-corrected chi connectivity index (χ4v) is 2.08. The fraction of sp³-hybridized carbons (Fsp3) is 0.0714. The fourth-order valence-electron chi connectivity index (χ4n) is 1.75. The minimum Gasteiger partial charge on any atom is -0.508 e. The summed E-state index contributed by atoms with van der Waals surface area (Å²) in [6.45, 7) is 0. The third kappa shape index (κ3) is 2.82. The third-order valence-electron chi connectivity index (χ3n) is 2.80. The first kappa shape index (κ1) is 13.7. The lowest BCUT2D eigenvalue weighted by molar-refractivity contribution is 0.465. The summed E-state index contributed by atoms with van der Waals surface area (Å²) in [6, 6.07) is 11.2. The number of rotatable bonds is 2. The molecule has 2 aromatic rings. The molecule has 5 heteroatoms. The molecule has 2 rings (SSSR count). The SMILES string of the molecule is N#Cc1ccc(C(N)c2cc(Cl)c(Cl)cc2O)cc1. The maximum atomic E-state index is 9.87. The van der Waals surface area contributed by atoms with Gasteiger partial charge in [-0.25, -0.2) is 0 Å². The average Bonchev–Trinajstić information content (AvgIpc) is 2.42. The van der Waals surface area contributed by atoms with Gasteiger partial charge in [0.25, 0.3) is 0 Å². The van der Waals surface area contributed by atoms with Gasteiger partial charge in [0.1, 0.15) is 5.75 Å². The molecule has 0 aromatic heterocycles. The van der Waals surface area contributed by atoms with Crippen LogP contribution in [0.5, 0.6) is 5.75 Å². The summed E-state index contributed by atoms with van der Waals surface area (Å²) in [5.41, 5.74) is 7.89. The van der Waals surface area contributed by atoms with E-state index in [0.29, 0.717) is 16.1 Å². The van der Waals surface area contributed by atoms with Crippen LogP contribution in [0.3, 0.4) is 0 Å². The van der Waals surface area contributed by atoms with Gasteiger partial charge in [0.15, 0.2) is 0 Å². The average molecular weight is 293 g/mol. The molecule has 0 bridgehead atoms. The monoisotopic (exact) mass is 292 g/mol. The molecule has 0 heterocycles. The third-order valence-corrected chi connectivity index (χ3v) is 3.53. The van der Waals surface area contributed by atoms with E-state index in [9.17, 15) is 5.11 Å². The Kier molecular flexibility index (Phi) is 3.96. The molecule has 2 aromatic carbocycles. The number of halogens is 2. The van der Waals surface area contributed by atoms with E-state index in [1.165, 1.54) is 6.07 Å². The zero-order chi connectivity index (χ0) is 14.0. The maximum Gasteiger partial charge on any atom is 0.122 e. The van der Waals surface area contributed by atoms with E-state index < -0.39 is 6.04 Å². The number of phenols is 1. The van der Waals surface area contributed by atoms with E-state index >= 15 is 0 Å². The number of nitriles is 1. The molecule has 0 fully saturated rings. The normalized spacial score (nSPS) is 11.9. The number of hydrogen-bond acceptors (Lipinski definition) is 3. The van der Waals surface area contributed by atoms with Gasteiger partial charge in [-0.05, 0) is 23.8 Å². The van der Waals surface area contributed by atoms with E-state index in [2.05, 4.69) is 0 Å². The lowest BCUT2D eigenvalue weighted by Gasteiger charge is -2.15. The van der Waals surface area contributed by atoms with Crippen LogP contribution in [0.4, 0.5) is 0 Å². The Morgan fingerprint density at radius 2 is 1.68 bits per heavy atom. The predicted molar refractivity (Wildman–Crippen MR) is 75.3 cm³/mol. The van der Waals surface area contributed by atoms with Gasteiger partial charge in [0, 0.05) is 11.6 Å².